The fraction of sp³-hybridized carbons (Fsp3) is 0.364. The van der Waals surface area contributed by atoms with Crippen LogP contribution in [0.4, 0.5) is 0 Å². The Morgan fingerprint density at radius 3 is 2.38 bits per heavy atom. The number of carboxylic acid groups (broad SMARTS) is 1. The van der Waals surface area contributed by atoms with E-state index >= 15 is 0 Å². The predicted octanol–water partition coefficient (Wildman–Crippen LogP) is 3.67. The van der Waals surface area contributed by atoms with Gasteiger partial charge in [0.2, 0.25) is 8.32 Å². The molecule has 0 fully saturated rings. The maximum absolute atomic E-state index is 11.1. The summed E-state index contributed by atoms with van der Waals surface area (Å²) in [7, 11) is -1.82. The summed E-state index contributed by atoms with van der Waals surface area (Å²) in [5.41, 5.74) is 1.18. The van der Waals surface area contributed by atoms with E-state index in [0.29, 0.717) is 5.75 Å². The van der Waals surface area contributed by atoms with Crippen molar-refractivity contribution in [2.24, 2.45) is 0 Å². The zero-order valence-corrected chi connectivity index (χ0v) is 12.4. The van der Waals surface area contributed by atoms with E-state index in [4.69, 9.17) is 9.53 Å². The molecule has 0 aliphatic carbocycles. The van der Waals surface area contributed by atoms with Gasteiger partial charge in [-0.05, 0) is 54.1 Å². The molecule has 0 bridgehead atoms. The fourth-order valence-electron chi connectivity index (χ4n) is 1.23. The summed E-state index contributed by atoms with van der Waals surface area (Å²) < 4.78 is 6.55. The number of halogens is 1. The maximum atomic E-state index is 11.1. The standard InChI is InChI=1S/C11H15BrO3Si/c1-7-5-6-8(11(13)14)10(9(7)12)15-16(2,3)4/h5-6H,1-4H3,(H,13,14). The number of rotatable bonds is 3. The van der Waals surface area contributed by atoms with Crippen molar-refractivity contribution in [3.8, 4) is 5.75 Å². The van der Waals surface area contributed by atoms with Crippen LogP contribution in [0.5, 0.6) is 5.75 Å². The normalized spacial score (nSPS) is 11.3. The van der Waals surface area contributed by atoms with Crippen LogP contribution < -0.4 is 4.43 Å². The first-order valence-electron chi connectivity index (χ1n) is 4.94. The van der Waals surface area contributed by atoms with Crippen molar-refractivity contribution in [2.75, 3.05) is 0 Å². The Bertz CT molecular complexity index is 424. The van der Waals surface area contributed by atoms with Gasteiger partial charge in [0.15, 0.2) is 0 Å². The smallest absolute Gasteiger partial charge is 0.339 e. The largest absolute Gasteiger partial charge is 0.543 e. The van der Waals surface area contributed by atoms with Gasteiger partial charge in [-0.15, -0.1) is 0 Å². The van der Waals surface area contributed by atoms with Crippen LogP contribution in [0.3, 0.4) is 0 Å². The van der Waals surface area contributed by atoms with Crippen molar-refractivity contribution >= 4 is 30.2 Å². The molecule has 0 amide bonds. The minimum absolute atomic E-state index is 0.208. The second-order valence-corrected chi connectivity index (χ2v) is 9.81. The van der Waals surface area contributed by atoms with Crippen LogP contribution in [-0.2, 0) is 0 Å². The molecule has 16 heavy (non-hydrogen) atoms. The summed E-state index contributed by atoms with van der Waals surface area (Å²) >= 11 is 3.39. The number of hydrogen-bond acceptors (Lipinski definition) is 2. The highest BCUT2D eigenvalue weighted by molar-refractivity contribution is 9.10. The van der Waals surface area contributed by atoms with Crippen LogP contribution in [0, 0.1) is 6.92 Å². The van der Waals surface area contributed by atoms with E-state index in [9.17, 15) is 4.79 Å². The molecule has 1 rings (SSSR count). The third-order valence-electron chi connectivity index (χ3n) is 1.93. The lowest BCUT2D eigenvalue weighted by atomic mass is 10.1. The molecule has 1 N–H and O–H groups in total. The van der Waals surface area contributed by atoms with Gasteiger partial charge in [-0.25, -0.2) is 4.79 Å². The Hall–Kier alpha value is -0.813. The Balaban J connectivity index is 3.32. The Kier molecular flexibility index (Phi) is 3.80. The first kappa shape index (κ1) is 13.3. The first-order valence-corrected chi connectivity index (χ1v) is 9.14. The van der Waals surface area contributed by atoms with Gasteiger partial charge in [0.25, 0.3) is 0 Å². The van der Waals surface area contributed by atoms with Crippen molar-refractivity contribution in [3.63, 3.8) is 0 Å². The van der Waals surface area contributed by atoms with Gasteiger partial charge in [0.05, 0.1) is 4.47 Å². The van der Waals surface area contributed by atoms with Crippen LogP contribution >= 0.6 is 15.9 Å². The van der Waals surface area contributed by atoms with Crippen molar-refractivity contribution < 1.29 is 14.3 Å². The molecule has 0 radical (unpaired) electrons. The zero-order chi connectivity index (χ0) is 12.5. The minimum atomic E-state index is -1.82. The molecule has 5 heteroatoms. The molecule has 0 atom stereocenters. The first-order chi connectivity index (χ1) is 7.22. The lowest BCUT2D eigenvalue weighted by Crippen LogP contribution is -2.30. The molecular weight excluding hydrogens is 288 g/mol. The Morgan fingerprint density at radius 2 is 1.94 bits per heavy atom. The molecular formula is C11H15BrO3Si. The highest BCUT2D eigenvalue weighted by Gasteiger charge is 2.23. The quantitative estimate of drug-likeness (QED) is 0.867. The Morgan fingerprint density at radius 1 is 1.38 bits per heavy atom. The second kappa shape index (κ2) is 4.59. The second-order valence-electron chi connectivity index (χ2n) is 4.59. The predicted molar refractivity (Wildman–Crippen MR) is 69.8 cm³/mol. The minimum Gasteiger partial charge on any atom is -0.543 e. The number of carbonyl (C=O) groups is 1. The van der Waals surface area contributed by atoms with E-state index in [1.807, 2.05) is 26.6 Å². The fourth-order valence-corrected chi connectivity index (χ4v) is 2.63. The summed E-state index contributed by atoms with van der Waals surface area (Å²) in [5.74, 6) is -0.513. The highest BCUT2D eigenvalue weighted by Crippen LogP contribution is 2.34. The summed E-state index contributed by atoms with van der Waals surface area (Å²) in [5, 5.41) is 9.09. The van der Waals surface area contributed by atoms with Gasteiger partial charge < -0.3 is 9.53 Å². The van der Waals surface area contributed by atoms with Crippen LogP contribution in [0.25, 0.3) is 0 Å². The van der Waals surface area contributed by atoms with E-state index in [0.717, 1.165) is 10.0 Å². The molecule has 0 saturated heterocycles. The number of aryl methyl sites for hydroxylation is 1. The van der Waals surface area contributed by atoms with Crippen molar-refractivity contribution in [1.82, 2.24) is 0 Å². The Labute approximate surface area is 105 Å². The van der Waals surface area contributed by atoms with Gasteiger partial charge >= 0.3 is 5.97 Å². The maximum Gasteiger partial charge on any atom is 0.339 e. The lowest BCUT2D eigenvalue weighted by molar-refractivity contribution is 0.0694. The summed E-state index contributed by atoms with van der Waals surface area (Å²) in [6, 6.07) is 3.35. The SMILES string of the molecule is Cc1ccc(C(=O)O)c(O[Si](C)(C)C)c1Br. The molecule has 0 heterocycles. The molecule has 0 saturated carbocycles. The number of carboxylic acids is 1. The van der Waals surface area contributed by atoms with Crippen LogP contribution in [0.1, 0.15) is 15.9 Å². The monoisotopic (exact) mass is 302 g/mol. The average molecular weight is 303 g/mol. The molecule has 0 aromatic heterocycles. The lowest BCUT2D eigenvalue weighted by Gasteiger charge is -2.22. The van der Waals surface area contributed by atoms with Gasteiger partial charge in [0.1, 0.15) is 11.3 Å². The van der Waals surface area contributed by atoms with Crippen LogP contribution in [0.2, 0.25) is 19.6 Å². The summed E-state index contributed by atoms with van der Waals surface area (Å²) in [6.45, 7) is 7.97. The number of aromatic carboxylic acids is 1. The highest BCUT2D eigenvalue weighted by atomic mass is 79.9. The molecule has 88 valence electrons. The molecule has 0 spiro atoms. The van der Waals surface area contributed by atoms with E-state index in [1.54, 1.807) is 12.1 Å². The van der Waals surface area contributed by atoms with Crippen molar-refractivity contribution in [3.05, 3.63) is 27.7 Å². The topological polar surface area (TPSA) is 46.5 Å². The van der Waals surface area contributed by atoms with Gasteiger partial charge in [-0.3, -0.25) is 0 Å². The molecule has 0 aliphatic rings. The molecule has 1 aromatic carbocycles. The number of hydrogen-bond donors (Lipinski definition) is 1. The average Bonchev–Trinajstić information content (AvgIpc) is 2.10. The zero-order valence-electron chi connectivity index (χ0n) is 9.80. The third-order valence-corrected chi connectivity index (χ3v) is 3.73. The van der Waals surface area contributed by atoms with E-state index in [2.05, 4.69) is 15.9 Å². The molecule has 1 aromatic rings. The van der Waals surface area contributed by atoms with E-state index in [-0.39, 0.29) is 5.56 Å². The summed E-state index contributed by atoms with van der Waals surface area (Å²) in [6.07, 6.45) is 0. The summed E-state index contributed by atoms with van der Waals surface area (Å²) in [4.78, 5) is 11.1. The van der Waals surface area contributed by atoms with Crippen molar-refractivity contribution in [1.29, 1.82) is 0 Å². The van der Waals surface area contributed by atoms with E-state index in [1.165, 1.54) is 0 Å². The van der Waals surface area contributed by atoms with Crippen molar-refractivity contribution in [2.45, 2.75) is 26.6 Å². The molecule has 0 unspecified atom stereocenters. The van der Waals surface area contributed by atoms with Crippen LogP contribution in [0.15, 0.2) is 16.6 Å². The molecule has 3 nitrogen and oxygen atoms in total. The number of benzene rings is 1. The van der Waals surface area contributed by atoms with Gasteiger partial charge in [0, 0.05) is 0 Å². The van der Waals surface area contributed by atoms with E-state index < -0.39 is 14.3 Å². The molecule has 0 aliphatic heterocycles. The third kappa shape index (κ3) is 3.09. The van der Waals surface area contributed by atoms with Gasteiger partial charge in [-0.2, -0.15) is 0 Å². The van der Waals surface area contributed by atoms with Crippen LogP contribution in [-0.4, -0.2) is 19.4 Å². The van der Waals surface area contributed by atoms with Gasteiger partial charge in [-0.1, -0.05) is 6.07 Å².